The van der Waals surface area contributed by atoms with Gasteiger partial charge in [-0.05, 0) is 12.1 Å². The average molecular weight is 294 g/mol. The molecule has 0 spiro atoms. The minimum atomic E-state index is -4.07. The van der Waals surface area contributed by atoms with Crippen LogP contribution in [-0.2, 0) is 10.0 Å². The van der Waals surface area contributed by atoms with Gasteiger partial charge in [0.15, 0.2) is 0 Å². The second-order valence-electron chi connectivity index (χ2n) is 3.72. The van der Waals surface area contributed by atoms with E-state index in [1.165, 1.54) is 25.2 Å². The van der Waals surface area contributed by atoms with Gasteiger partial charge < -0.3 is 10.4 Å². The van der Waals surface area contributed by atoms with Crippen LogP contribution in [0.25, 0.3) is 0 Å². The molecule has 1 rings (SSSR count). The van der Waals surface area contributed by atoms with Gasteiger partial charge >= 0.3 is 0 Å². The molecule has 0 heterocycles. The summed E-state index contributed by atoms with van der Waals surface area (Å²) in [5, 5.41) is 11.5. The van der Waals surface area contributed by atoms with Gasteiger partial charge in [-0.2, -0.15) is 4.31 Å². The molecule has 19 heavy (non-hydrogen) atoms. The lowest BCUT2D eigenvalue weighted by Crippen LogP contribution is -2.37. The van der Waals surface area contributed by atoms with Crippen molar-refractivity contribution in [1.29, 1.82) is 0 Å². The number of rotatable bonds is 7. The third kappa shape index (κ3) is 3.85. The average Bonchev–Trinajstić information content (AvgIpc) is 2.37. The van der Waals surface area contributed by atoms with Crippen molar-refractivity contribution in [3.8, 4) is 0 Å². The summed E-state index contributed by atoms with van der Waals surface area (Å²) in [5.41, 5.74) is 0.319. The molecule has 0 unspecified atom stereocenters. The van der Waals surface area contributed by atoms with E-state index in [1.807, 2.05) is 0 Å². The van der Waals surface area contributed by atoms with Crippen LogP contribution in [0, 0.1) is 0 Å². The first-order chi connectivity index (χ1) is 8.93. The number of anilines is 1. The lowest BCUT2D eigenvalue weighted by atomic mass is 10.3. The number of para-hydroxylation sites is 1. The Balaban J connectivity index is 3.18. The van der Waals surface area contributed by atoms with Crippen molar-refractivity contribution in [2.45, 2.75) is 11.3 Å². The van der Waals surface area contributed by atoms with Crippen LogP contribution in [0.2, 0.25) is 0 Å². The van der Waals surface area contributed by atoms with Crippen LogP contribution in [0.15, 0.2) is 29.2 Å². The minimum Gasteiger partial charge on any atom is -0.395 e. The number of aliphatic hydroxyl groups excluding tert-OH is 1. The SMILES string of the molecule is CNc1ccccc1S(=O)(=O)N(CCO)CC(F)F. The largest absolute Gasteiger partial charge is 0.395 e. The Morgan fingerprint density at radius 1 is 1.37 bits per heavy atom. The van der Waals surface area contributed by atoms with Crippen LogP contribution < -0.4 is 5.32 Å². The molecule has 0 radical (unpaired) electrons. The molecule has 0 bridgehead atoms. The summed E-state index contributed by atoms with van der Waals surface area (Å²) in [6.45, 7) is -1.83. The molecule has 0 saturated heterocycles. The van der Waals surface area contributed by atoms with Gasteiger partial charge in [0.05, 0.1) is 18.8 Å². The Bertz CT molecular complexity index is 508. The number of alkyl halides is 2. The van der Waals surface area contributed by atoms with Crippen LogP contribution in [-0.4, -0.2) is 51.0 Å². The minimum absolute atomic E-state index is 0.0911. The van der Waals surface area contributed by atoms with Crippen LogP contribution in [0.4, 0.5) is 14.5 Å². The normalized spacial score (nSPS) is 12.1. The highest BCUT2D eigenvalue weighted by molar-refractivity contribution is 7.89. The van der Waals surface area contributed by atoms with Gasteiger partial charge in [0.2, 0.25) is 10.0 Å². The van der Waals surface area contributed by atoms with Crippen LogP contribution in [0.3, 0.4) is 0 Å². The maximum absolute atomic E-state index is 12.4. The number of hydrogen-bond acceptors (Lipinski definition) is 4. The number of nitrogens with zero attached hydrogens (tertiary/aromatic N) is 1. The summed E-state index contributed by atoms with van der Waals surface area (Å²) < 4.78 is 50.0. The van der Waals surface area contributed by atoms with E-state index in [9.17, 15) is 17.2 Å². The molecule has 1 aromatic rings. The first-order valence-corrected chi connectivity index (χ1v) is 7.03. The van der Waals surface area contributed by atoms with E-state index in [2.05, 4.69) is 5.32 Å². The first-order valence-electron chi connectivity index (χ1n) is 5.59. The van der Waals surface area contributed by atoms with Crippen LogP contribution >= 0.6 is 0 Å². The molecule has 0 aliphatic carbocycles. The Hall–Kier alpha value is -1.25. The van der Waals surface area contributed by atoms with Crippen molar-refractivity contribution in [3.05, 3.63) is 24.3 Å². The van der Waals surface area contributed by atoms with E-state index < -0.39 is 29.6 Å². The summed E-state index contributed by atoms with van der Waals surface area (Å²) in [6.07, 6.45) is -2.80. The topological polar surface area (TPSA) is 69.6 Å². The van der Waals surface area contributed by atoms with Gasteiger partial charge in [0.1, 0.15) is 4.90 Å². The number of sulfonamides is 1. The summed E-state index contributed by atoms with van der Waals surface area (Å²) in [4.78, 5) is -0.0911. The third-order valence-corrected chi connectivity index (χ3v) is 4.39. The molecule has 0 fully saturated rings. The molecule has 0 aromatic heterocycles. The van der Waals surface area contributed by atoms with E-state index in [1.54, 1.807) is 6.07 Å². The second kappa shape index (κ2) is 6.78. The molecule has 5 nitrogen and oxygen atoms in total. The fourth-order valence-electron chi connectivity index (χ4n) is 1.61. The van der Waals surface area contributed by atoms with Crippen molar-refractivity contribution in [2.24, 2.45) is 0 Å². The molecule has 0 amide bonds. The van der Waals surface area contributed by atoms with Crippen molar-refractivity contribution in [3.63, 3.8) is 0 Å². The highest BCUT2D eigenvalue weighted by Gasteiger charge is 2.28. The fraction of sp³-hybridized carbons (Fsp3) is 0.455. The number of nitrogens with one attached hydrogen (secondary N) is 1. The summed E-state index contributed by atoms with van der Waals surface area (Å²) in [6, 6.07) is 6.00. The summed E-state index contributed by atoms with van der Waals surface area (Å²) >= 11 is 0. The maximum atomic E-state index is 12.4. The maximum Gasteiger partial charge on any atom is 0.252 e. The Kier molecular flexibility index (Phi) is 5.64. The Morgan fingerprint density at radius 3 is 2.53 bits per heavy atom. The molecule has 0 aliphatic heterocycles. The zero-order valence-corrected chi connectivity index (χ0v) is 11.2. The smallest absolute Gasteiger partial charge is 0.252 e. The lowest BCUT2D eigenvalue weighted by molar-refractivity contribution is 0.113. The van der Waals surface area contributed by atoms with Crippen molar-refractivity contribution >= 4 is 15.7 Å². The molecule has 0 atom stereocenters. The first kappa shape index (κ1) is 15.8. The lowest BCUT2D eigenvalue weighted by Gasteiger charge is -2.22. The van der Waals surface area contributed by atoms with E-state index in [0.717, 1.165) is 0 Å². The highest BCUT2D eigenvalue weighted by atomic mass is 32.2. The Morgan fingerprint density at radius 2 is 2.00 bits per heavy atom. The van der Waals surface area contributed by atoms with E-state index in [-0.39, 0.29) is 11.4 Å². The highest BCUT2D eigenvalue weighted by Crippen LogP contribution is 2.24. The summed E-state index contributed by atoms with van der Waals surface area (Å²) in [7, 11) is -2.53. The molecule has 108 valence electrons. The van der Waals surface area contributed by atoms with Gasteiger partial charge in [-0.1, -0.05) is 12.1 Å². The zero-order chi connectivity index (χ0) is 14.5. The molecular formula is C11H16F2N2O3S. The monoisotopic (exact) mass is 294 g/mol. The van der Waals surface area contributed by atoms with Gasteiger partial charge in [-0.25, -0.2) is 17.2 Å². The standard InChI is InChI=1S/C11H16F2N2O3S/c1-14-9-4-2-3-5-10(9)19(17,18)15(6-7-16)8-11(12)13/h2-5,11,14,16H,6-8H2,1H3. The molecule has 8 heteroatoms. The van der Waals surface area contributed by atoms with Gasteiger partial charge in [0.25, 0.3) is 6.43 Å². The van der Waals surface area contributed by atoms with Crippen LogP contribution in [0.1, 0.15) is 0 Å². The zero-order valence-electron chi connectivity index (χ0n) is 10.4. The van der Waals surface area contributed by atoms with Gasteiger partial charge in [0, 0.05) is 13.6 Å². The quantitative estimate of drug-likeness (QED) is 0.786. The Labute approximate surface area is 110 Å². The van der Waals surface area contributed by atoms with Crippen molar-refractivity contribution in [2.75, 3.05) is 32.1 Å². The van der Waals surface area contributed by atoms with E-state index >= 15 is 0 Å². The van der Waals surface area contributed by atoms with E-state index in [0.29, 0.717) is 9.99 Å². The molecule has 0 saturated carbocycles. The molecule has 1 aromatic carbocycles. The van der Waals surface area contributed by atoms with Crippen molar-refractivity contribution < 1.29 is 22.3 Å². The predicted octanol–water partition coefficient (Wildman–Crippen LogP) is 0.976. The van der Waals surface area contributed by atoms with Crippen LogP contribution in [0.5, 0.6) is 0 Å². The number of benzene rings is 1. The molecule has 0 aliphatic rings. The van der Waals surface area contributed by atoms with Gasteiger partial charge in [-0.3, -0.25) is 0 Å². The molecular weight excluding hydrogens is 278 g/mol. The third-order valence-electron chi connectivity index (χ3n) is 2.47. The fourth-order valence-corrected chi connectivity index (χ4v) is 3.22. The predicted molar refractivity (Wildman–Crippen MR) is 67.8 cm³/mol. The number of aliphatic hydroxyl groups is 1. The van der Waals surface area contributed by atoms with Gasteiger partial charge in [-0.15, -0.1) is 0 Å². The second-order valence-corrected chi connectivity index (χ2v) is 5.63. The van der Waals surface area contributed by atoms with E-state index in [4.69, 9.17) is 5.11 Å². The number of hydrogen-bond donors (Lipinski definition) is 2. The number of halogens is 2. The summed E-state index contributed by atoms with van der Waals surface area (Å²) in [5.74, 6) is 0. The van der Waals surface area contributed by atoms with Crippen molar-refractivity contribution in [1.82, 2.24) is 4.31 Å². The molecule has 2 N–H and O–H groups in total.